The Labute approximate surface area is 132 Å². The third-order valence-corrected chi connectivity index (χ3v) is 4.53. The number of hydrogen-bond acceptors (Lipinski definition) is 7. The average molecular weight is 321 g/mol. The maximum absolute atomic E-state index is 11.8. The third-order valence-electron chi connectivity index (χ3n) is 3.66. The first-order chi connectivity index (χ1) is 10.7. The maximum Gasteiger partial charge on any atom is 0.261 e. The second-order valence-corrected chi connectivity index (χ2v) is 6.18. The number of carbonyl (C=O) groups is 1. The van der Waals surface area contributed by atoms with E-state index in [1.165, 1.54) is 11.3 Å². The fourth-order valence-corrected chi connectivity index (χ4v) is 3.02. The topological polar surface area (TPSA) is 83.3 Å². The SMILES string of the molecule is CN1CCNCC1c1noc(CCNC(=O)c2cccs2)n1. The number of rotatable bonds is 5. The minimum absolute atomic E-state index is 0.0639. The zero-order chi connectivity index (χ0) is 15.4. The largest absolute Gasteiger partial charge is 0.351 e. The molecule has 22 heavy (non-hydrogen) atoms. The van der Waals surface area contributed by atoms with Gasteiger partial charge in [-0.15, -0.1) is 11.3 Å². The summed E-state index contributed by atoms with van der Waals surface area (Å²) in [6.07, 6.45) is 0.536. The van der Waals surface area contributed by atoms with Gasteiger partial charge in [0, 0.05) is 32.6 Å². The zero-order valence-electron chi connectivity index (χ0n) is 12.4. The number of carbonyl (C=O) groups excluding carboxylic acids is 1. The van der Waals surface area contributed by atoms with Gasteiger partial charge in [0.15, 0.2) is 5.82 Å². The van der Waals surface area contributed by atoms with Crippen molar-refractivity contribution in [1.29, 1.82) is 0 Å². The van der Waals surface area contributed by atoms with Crippen molar-refractivity contribution in [2.24, 2.45) is 0 Å². The fraction of sp³-hybridized carbons (Fsp3) is 0.500. The molecule has 3 rings (SSSR count). The minimum atomic E-state index is -0.0639. The molecule has 1 unspecified atom stereocenters. The van der Waals surface area contributed by atoms with Gasteiger partial charge in [0.2, 0.25) is 5.89 Å². The highest BCUT2D eigenvalue weighted by atomic mass is 32.1. The Bertz CT molecular complexity index is 613. The van der Waals surface area contributed by atoms with Gasteiger partial charge in [-0.25, -0.2) is 0 Å². The second kappa shape index (κ2) is 6.99. The molecule has 118 valence electrons. The average Bonchev–Trinajstić information content (AvgIpc) is 3.19. The molecule has 2 N–H and O–H groups in total. The van der Waals surface area contributed by atoms with Crippen molar-refractivity contribution in [3.63, 3.8) is 0 Å². The highest BCUT2D eigenvalue weighted by Crippen LogP contribution is 2.17. The fourth-order valence-electron chi connectivity index (χ4n) is 2.38. The number of likely N-dealkylation sites (N-methyl/N-ethyl adjacent to an activating group) is 1. The van der Waals surface area contributed by atoms with Crippen LogP contribution < -0.4 is 10.6 Å². The van der Waals surface area contributed by atoms with E-state index in [2.05, 4.69) is 32.7 Å². The lowest BCUT2D eigenvalue weighted by Gasteiger charge is -2.30. The van der Waals surface area contributed by atoms with E-state index in [1.54, 1.807) is 6.07 Å². The van der Waals surface area contributed by atoms with Crippen LogP contribution in [0.3, 0.4) is 0 Å². The normalized spacial score (nSPS) is 19.2. The summed E-state index contributed by atoms with van der Waals surface area (Å²) in [5.74, 6) is 1.20. The first kappa shape index (κ1) is 15.1. The van der Waals surface area contributed by atoms with Gasteiger partial charge in [0.1, 0.15) is 0 Å². The van der Waals surface area contributed by atoms with Crippen LogP contribution in [0, 0.1) is 0 Å². The summed E-state index contributed by atoms with van der Waals surface area (Å²) < 4.78 is 5.27. The standard InChI is InChI=1S/C14H19N5O2S/c1-19-7-6-15-9-10(19)13-17-12(21-18-13)4-5-16-14(20)11-3-2-8-22-11/h2-3,8,10,15H,4-7,9H2,1H3,(H,16,20). The lowest BCUT2D eigenvalue weighted by atomic mass is 10.2. The smallest absolute Gasteiger partial charge is 0.261 e. The molecule has 3 heterocycles. The van der Waals surface area contributed by atoms with E-state index in [0.717, 1.165) is 19.6 Å². The van der Waals surface area contributed by atoms with Gasteiger partial charge < -0.3 is 15.2 Å². The number of nitrogens with one attached hydrogen (secondary N) is 2. The summed E-state index contributed by atoms with van der Waals surface area (Å²) in [5.41, 5.74) is 0. The number of amides is 1. The van der Waals surface area contributed by atoms with Crippen LogP contribution in [0.1, 0.15) is 27.4 Å². The van der Waals surface area contributed by atoms with Crippen molar-refractivity contribution in [3.8, 4) is 0 Å². The van der Waals surface area contributed by atoms with Crippen LogP contribution in [0.2, 0.25) is 0 Å². The van der Waals surface area contributed by atoms with E-state index >= 15 is 0 Å². The van der Waals surface area contributed by atoms with Crippen molar-refractivity contribution >= 4 is 17.2 Å². The van der Waals surface area contributed by atoms with Crippen LogP contribution in [-0.2, 0) is 6.42 Å². The zero-order valence-corrected chi connectivity index (χ0v) is 13.2. The van der Waals surface area contributed by atoms with Gasteiger partial charge >= 0.3 is 0 Å². The van der Waals surface area contributed by atoms with Crippen LogP contribution in [-0.4, -0.2) is 54.2 Å². The molecule has 2 aromatic heterocycles. The number of aromatic nitrogens is 2. The molecular weight excluding hydrogens is 302 g/mol. The third kappa shape index (κ3) is 3.52. The van der Waals surface area contributed by atoms with Gasteiger partial charge in [-0.05, 0) is 18.5 Å². The van der Waals surface area contributed by atoms with E-state index < -0.39 is 0 Å². The van der Waals surface area contributed by atoms with Crippen molar-refractivity contribution < 1.29 is 9.32 Å². The highest BCUT2D eigenvalue weighted by Gasteiger charge is 2.25. The quantitative estimate of drug-likeness (QED) is 0.843. The molecular formula is C14H19N5O2S. The molecule has 0 aliphatic carbocycles. The van der Waals surface area contributed by atoms with Crippen molar-refractivity contribution in [1.82, 2.24) is 25.7 Å². The van der Waals surface area contributed by atoms with Gasteiger partial charge in [-0.2, -0.15) is 4.98 Å². The summed E-state index contributed by atoms with van der Waals surface area (Å²) >= 11 is 1.42. The van der Waals surface area contributed by atoms with Crippen LogP contribution in [0.25, 0.3) is 0 Å². The molecule has 1 amide bonds. The Morgan fingerprint density at radius 3 is 3.32 bits per heavy atom. The Balaban J connectivity index is 1.50. The molecule has 0 aromatic carbocycles. The van der Waals surface area contributed by atoms with Crippen LogP contribution >= 0.6 is 11.3 Å². The van der Waals surface area contributed by atoms with Gasteiger partial charge in [-0.3, -0.25) is 9.69 Å². The van der Waals surface area contributed by atoms with E-state index in [9.17, 15) is 4.79 Å². The molecule has 2 aromatic rings. The van der Waals surface area contributed by atoms with Crippen molar-refractivity contribution in [2.45, 2.75) is 12.5 Å². The van der Waals surface area contributed by atoms with Crippen LogP contribution in [0.5, 0.6) is 0 Å². The monoisotopic (exact) mass is 321 g/mol. The predicted molar refractivity (Wildman–Crippen MR) is 82.9 cm³/mol. The van der Waals surface area contributed by atoms with Gasteiger partial charge in [0.05, 0.1) is 10.9 Å². The Hall–Kier alpha value is -1.77. The molecule has 1 atom stereocenters. The van der Waals surface area contributed by atoms with E-state index in [0.29, 0.717) is 29.6 Å². The molecule has 8 heteroatoms. The van der Waals surface area contributed by atoms with Crippen molar-refractivity contribution in [3.05, 3.63) is 34.1 Å². The predicted octanol–water partition coefficient (Wildman–Crippen LogP) is 0.680. The molecule has 1 aliphatic rings. The summed E-state index contributed by atoms with van der Waals surface area (Å²) in [7, 11) is 2.06. The number of hydrogen-bond donors (Lipinski definition) is 2. The molecule has 0 radical (unpaired) electrons. The lowest BCUT2D eigenvalue weighted by molar-refractivity contribution is 0.0957. The number of piperazine rings is 1. The summed E-state index contributed by atoms with van der Waals surface area (Å²) in [6.45, 7) is 3.25. The first-order valence-corrected chi connectivity index (χ1v) is 8.17. The van der Waals surface area contributed by atoms with E-state index in [1.807, 2.05) is 11.4 Å². The summed E-state index contributed by atoms with van der Waals surface area (Å²) in [5, 5.41) is 12.1. The van der Waals surface area contributed by atoms with Gasteiger partial charge in [0.25, 0.3) is 5.91 Å². The van der Waals surface area contributed by atoms with E-state index in [-0.39, 0.29) is 11.9 Å². The molecule has 1 aliphatic heterocycles. The molecule has 0 bridgehead atoms. The number of nitrogens with zero attached hydrogens (tertiary/aromatic N) is 3. The summed E-state index contributed by atoms with van der Waals surface area (Å²) in [4.78, 5) is 19.2. The highest BCUT2D eigenvalue weighted by molar-refractivity contribution is 7.12. The molecule has 1 saturated heterocycles. The molecule has 0 spiro atoms. The maximum atomic E-state index is 11.8. The lowest BCUT2D eigenvalue weighted by Crippen LogP contribution is -2.44. The number of thiophene rings is 1. The van der Waals surface area contributed by atoms with Crippen LogP contribution in [0.4, 0.5) is 0 Å². The van der Waals surface area contributed by atoms with Gasteiger partial charge in [-0.1, -0.05) is 11.2 Å². The molecule has 7 nitrogen and oxygen atoms in total. The first-order valence-electron chi connectivity index (χ1n) is 7.29. The van der Waals surface area contributed by atoms with E-state index in [4.69, 9.17) is 4.52 Å². The Morgan fingerprint density at radius 2 is 2.55 bits per heavy atom. The molecule has 1 fully saturated rings. The summed E-state index contributed by atoms with van der Waals surface area (Å²) in [6, 6.07) is 3.81. The van der Waals surface area contributed by atoms with Crippen LogP contribution in [0.15, 0.2) is 22.0 Å². The second-order valence-electron chi connectivity index (χ2n) is 5.23. The Morgan fingerprint density at radius 1 is 1.64 bits per heavy atom. The Kier molecular flexibility index (Phi) is 4.81. The minimum Gasteiger partial charge on any atom is -0.351 e. The van der Waals surface area contributed by atoms with Crippen molar-refractivity contribution in [2.75, 3.05) is 33.2 Å². The molecule has 0 saturated carbocycles.